The van der Waals surface area contributed by atoms with Crippen molar-refractivity contribution in [3.8, 4) is 0 Å². The Kier molecular flexibility index (Phi) is 16.7. The molecule has 0 aromatic heterocycles. The first-order valence-corrected chi connectivity index (χ1v) is 13.4. The standard InChI is InChI=1S/C26H48N2O5/c1-2-3-4-5-6-7-8-9-10-11-12-13-14-15-16-19-24(30)27-22(21-29)25(31)28-20-17-18-23(28)26(32)33/h22-23,29H,2-21H2,1H3,(H,27,30)(H,32,33)/t22-,23+/m1/s1. The minimum atomic E-state index is -1.06. The third-order valence-electron chi connectivity index (χ3n) is 6.64. The number of likely N-dealkylation sites (tertiary alicyclic amines) is 1. The Morgan fingerprint density at radius 3 is 1.79 bits per heavy atom. The van der Waals surface area contributed by atoms with Crippen LogP contribution in [0.4, 0.5) is 0 Å². The normalized spacial score (nSPS) is 16.7. The molecule has 0 radical (unpaired) electrons. The van der Waals surface area contributed by atoms with Crippen LogP contribution in [0.5, 0.6) is 0 Å². The average molecular weight is 469 g/mol. The van der Waals surface area contributed by atoms with Crippen LogP contribution in [0.2, 0.25) is 0 Å². The lowest BCUT2D eigenvalue weighted by atomic mass is 10.0. The molecular formula is C26H48N2O5. The molecule has 0 aromatic carbocycles. The van der Waals surface area contributed by atoms with Crippen LogP contribution in [0.25, 0.3) is 0 Å². The maximum atomic E-state index is 12.5. The van der Waals surface area contributed by atoms with E-state index >= 15 is 0 Å². The molecule has 0 spiro atoms. The van der Waals surface area contributed by atoms with Gasteiger partial charge in [-0.05, 0) is 19.3 Å². The highest BCUT2D eigenvalue weighted by molar-refractivity contribution is 5.90. The quantitative estimate of drug-likeness (QED) is 0.223. The Labute approximate surface area is 200 Å². The lowest BCUT2D eigenvalue weighted by Crippen LogP contribution is -2.53. The number of carboxylic acids is 1. The van der Waals surface area contributed by atoms with E-state index in [0.29, 0.717) is 25.8 Å². The van der Waals surface area contributed by atoms with E-state index in [4.69, 9.17) is 0 Å². The first kappa shape index (κ1) is 29.4. The van der Waals surface area contributed by atoms with Crippen molar-refractivity contribution in [3.05, 3.63) is 0 Å². The predicted octanol–water partition coefficient (Wildman–Crippen LogP) is 4.80. The Hall–Kier alpha value is -1.63. The molecule has 0 aromatic rings. The fourth-order valence-corrected chi connectivity index (χ4v) is 4.60. The van der Waals surface area contributed by atoms with Crippen LogP contribution in [0.15, 0.2) is 0 Å². The first-order chi connectivity index (χ1) is 16.0. The van der Waals surface area contributed by atoms with Crippen molar-refractivity contribution < 1.29 is 24.6 Å². The molecule has 1 aliphatic heterocycles. The van der Waals surface area contributed by atoms with Crippen molar-refractivity contribution in [1.29, 1.82) is 0 Å². The van der Waals surface area contributed by atoms with Gasteiger partial charge in [0, 0.05) is 13.0 Å². The average Bonchev–Trinajstić information content (AvgIpc) is 3.30. The van der Waals surface area contributed by atoms with E-state index in [1.165, 1.54) is 81.9 Å². The monoisotopic (exact) mass is 468 g/mol. The smallest absolute Gasteiger partial charge is 0.326 e. The number of hydrogen-bond acceptors (Lipinski definition) is 4. The van der Waals surface area contributed by atoms with Crippen molar-refractivity contribution in [3.63, 3.8) is 0 Å². The van der Waals surface area contributed by atoms with Crippen LogP contribution in [0.1, 0.15) is 122 Å². The van der Waals surface area contributed by atoms with Crippen LogP contribution in [-0.4, -0.2) is 58.1 Å². The highest BCUT2D eigenvalue weighted by Crippen LogP contribution is 2.19. The summed E-state index contributed by atoms with van der Waals surface area (Å²) >= 11 is 0. The highest BCUT2D eigenvalue weighted by Gasteiger charge is 2.37. The summed E-state index contributed by atoms with van der Waals surface area (Å²) in [5.41, 5.74) is 0. The molecule has 1 heterocycles. The number of nitrogens with one attached hydrogen (secondary N) is 1. The molecule has 33 heavy (non-hydrogen) atoms. The summed E-state index contributed by atoms with van der Waals surface area (Å²) in [6.07, 6.45) is 20.3. The molecule has 0 saturated carbocycles. The zero-order valence-electron chi connectivity index (χ0n) is 20.9. The molecule has 1 rings (SSSR count). The number of rotatable bonds is 20. The van der Waals surface area contributed by atoms with Gasteiger partial charge < -0.3 is 20.4 Å². The second-order valence-corrected chi connectivity index (χ2v) is 9.53. The largest absolute Gasteiger partial charge is 0.480 e. The van der Waals surface area contributed by atoms with E-state index in [-0.39, 0.29) is 5.91 Å². The van der Waals surface area contributed by atoms with E-state index in [0.717, 1.165) is 19.3 Å². The maximum Gasteiger partial charge on any atom is 0.326 e. The Morgan fingerprint density at radius 1 is 0.848 bits per heavy atom. The summed E-state index contributed by atoms with van der Waals surface area (Å²) in [7, 11) is 0. The number of amides is 2. The zero-order chi connectivity index (χ0) is 24.3. The van der Waals surface area contributed by atoms with E-state index in [2.05, 4.69) is 12.2 Å². The molecule has 1 saturated heterocycles. The maximum absolute atomic E-state index is 12.5. The molecule has 3 N–H and O–H groups in total. The molecule has 2 atom stereocenters. The lowest BCUT2D eigenvalue weighted by Gasteiger charge is -2.26. The Bertz CT molecular complexity index is 555. The zero-order valence-corrected chi connectivity index (χ0v) is 20.9. The van der Waals surface area contributed by atoms with Crippen molar-refractivity contribution in [2.24, 2.45) is 0 Å². The fraction of sp³-hybridized carbons (Fsp3) is 0.885. The molecule has 1 fully saturated rings. The van der Waals surface area contributed by atoms with E-state index in [1.807, 2.05) is 0 Å². The predicted molar refractivity (Wildman–Crippen MR) is 131 cm³/mol. The number of hydrogen-bond donors (Lipinski definition) is 3. The van der Waals surface area contributed by atoms with Gasteiger partial charge in [0.1, 0.15) is 12.1 Å². The number of carbonyl (C=O) groups excluding carboxylic acids is 2. The van der Waals surface area contributed by atoms with Gasteiger partial charge in [-0.1, -0.05) is 96.8 Å². The Balaban J connectivity index is 2.01. The molecule has 0 bridgehead atoms. The van der Waals surface area contributed by atoms with Crippen molar-refractivity contribution in [2.45, 2.75) is 135 Å². The number of carboxylic acid groups (broad SMARTS) is 1. The van der Waals surface area contributed by atoms with Crippen molar-refractivity contribution in [2.75, 3.05) is 13.2 Å². The third kappa shape index (κ3) is 13.0. The van der Waals surface area contributed by atoms with Crippen LogP contribution in [-0.2, 0) is 14.4 Å². The molecule has 1 aliphatic rings. The van der Waals surface area contributed by atoms with Gasteiger partial charge in [-0.15, -0.1) is 0 Å². The Morgan fingerprint density at radius 2 is 1.33 bits per heavy atom. The highest BCUT2D eigenvalue weighted by atomic mass is 16.4. The third-order valence-corrected chi connectivity index (χ3v) is 6.64. The van der Waals surface area contributed by atoms with Gasteiger partial charge in [0.2, 0.25) is 11.8 Å². The summed E-state index contributed by atoms with van der Waals surface area (Å²) in [6, 6.07) is -1.92. The molecule has 0 unspecified atom stereocenters. The molecule has 7 heteroatoms. The summed E-state index contributed by atoms with van der Waals surface area (Å²) in [4.78, 5) is 37.2. The second kappa shape index (κ2) is 18.8. The van der Waals surface area contributed by atoms with Crippen LogP contribution < -0.4 is 5.32 Å². The van der Waals surface area contributed by atoms with Gasteiger partial charge in [0.25, 0.3) is 0 Å². The summed E-state index contributed by atoms with van der Waals surface area (Å²) in [5, 5.41) is 21.3. The van der Waals surface area contributed by atoms with E-state index < -0.39 is 30.6 Å². The second-order valence-electron chi connectivity index (χ2n) is 9.53. The van der Waals surface area contributed by atoms with E-state index in [1.54, 1.807) is 0 Å². The molecule has 2 amide bonds. The van der Waals surface area contributed by atoms with Gasteiger partial charge in [-0.25, -0.2) is 4.79 Å². The summed E-state index contributed by atoms with van der Waals surface area (Å²) < 4.78 is 0. The number of unbranched alkanes of at least 4 members (excludes halogenated alkanes) is 14. The molecule has 7 nitrogen and oxygen atoms in total. The molecule has 192 valence electrons. The van der Waals surface area contributed by atoms with Gasteiger partial charge >= 0.3 is 5.97 Å². The van der Waals surface area contributed by atoms with Gasteiger partial charge in [0.15, 0.2) is 0 Å². The van der Waals surface area contributed by atoms with Gasteiger partial charge in [-0.2, -0.15) is 0 Å². The van der Waals surface area contributed by atoms with Gasteiger partial charge in [-0.3, -0.25) is 9.59 Å². The minimum Gasteiger partial charge on any atom is -0.480 e. The minimum absolute atomic E-state index is 0.261. The summed E-state index contributed by atoms with van der Waals surface area (Å²) in [6.45, 7) is 2.08. The van der Waals surface area contributed by atoms with Crippen molar-refractivity contribution >= 4 is 17.8 Å². The van der Waals surface area contributed by atoms with Crippen LogP contribution in [0.3, 0.4) is 0 Å². The number of nitrogens with zero attached hydrogens (tertiary/aromatic N) is 1. The van der Waals surface area contributed by atoms with E-state index in [9.17, 15) is 24.6 Å². The fourth-order valence-electron chi connectivity index (χ4n) is 4.60. The number of carbonyl (C=O) groups is 3. The first-order valence-electron chi connectivity index (χ1n) is 13.4. The number of aliphatic hydroxyl groups excluding tert-OH is 1. The van der Waals surface area contributed by atoms with Crippen molar-refractivity contribution in [1.82, 2.24) is 10.2 Å². The van der Waals surface area contributed by atoms with Crippen LogP contribution in [0, 0.1) is 0 Å². The lowest BCUT2D eigenvalue weighted by molar-refractivity contribution is -0.149. The summed E-state index contributed by atoms with van der Waals surface area (Å²) in [5.74, 6) is -1.81. The van der Waals surface area contributed by atoms with Gasteiger partial charge in [0.05, 0.1) is 6.61 Å². The molecule has 0 aliphatic carbocycles. The number of aliphatic hydroxyl groups is 1. The number of aliphatic carboxylic acids is 1. The molecular weight excluding hydrogens is 420 g/mol. The van der Waals surface area contributed by atoms with Crippen LogP contribution >= 0.6 is 0 Å². The SMILES string of the molecule is CCCCCCCCCCCCCCCCCC(=O)N[C@H](CO)C(=O)N1CCC[C@H]1C(=O)O. The topological polar surface area (TPSA) is 107 Å².